The number of rotatable bonds is 5. The third kappa shape index (κ3) is 4.95. The summed E-state index contributed by atoms with van der Waals surface area (Å²) in [5.41, 5.74) is 0.886. The van der Waals surface area contributed by atoms with E-state index in [1.807, 2.05) is 0 Å². The van der Waals surface area contributed by atoms with Crippen LogP contribution in [0.4, 0.5) is 14.9 Å². The number of hydrogen-bond donors (Lipinski definition) is 3. The van der Waals surface area contributed by atoms with Crippen LogP contribution in [0.1, 0.15) is 25.3 Å². The van der Waals surface area contributed by atoms with Gasteiger partial charge in [-0.05, 0) is 31.0 Å². The van der Waals surface area contributed by atoms with Gasteiger partial charge in [-0.2, -0.15) is 0 Å². The Morgan fingerprint density at radius 3 is 2.68 bits per heavy atom. The molecule has 19 heavy (non-hydrogen) atoms. The predicted octanol–water partition coefficient (Wildman–Crippen LogP) is 2.51. The van der Waals surface area contributed by atoms with Crippen molar-refractivity contribution in [1.82, 2.24) is 5.32 Å². The molecule has 1 atom stereocenters. The highest BCUT2D eigenvalue weighted by atomic mass is 19.1. The molecule has 6 heteroatoms. The number of hydrogen-bond acceptors (Lipinski definition) is 2. The Hall–Kier alpha value is -2.11. The minimum Gasteiger partial charge on any atom is -0.481 e. The van der Waals surface area contributed by atoms with Crippen molar-refractivity contribution in [1.29, 1.82) is 0 Å². The number of benzene rings is 1. The van der Waals surface area contributed by atoms with Gasteiger partial charge in [0.25, 0.3) is 0 Å². The molecule has 3 N–H and O–H groups in total. The first-order chi connectivity index (χ1) is 8.92. The van der Waals surface area contributed by atoms with Crippen molar-refractivity contribution in [3.63, 3.8) is 0 Å². The highest BCUT2D eigenvalue weighted by Gasteiger charge is 2.15. The number of anilines is 1. The lowest BCUT2D eigenvalue weighted by molar-refractivity contribution is -0.137. The molecule has 2 amide bonds. The second kappa shape index (κ2) is 6.72. The lowest BCUT2D eigenvalue weighted by atomic mass is 10.1. The molecular formula is C13H17FN2O3. The quantitative estimate of drug-likeness (QED) is 0.767. The summed E-state index contributed by atoms with van der Waals surface area (Å²) in [6.07, 6.45) is 0.316. The lowest BCUT2D eigenvalue weighted by Gasteiger charge is -2.15. The maximum atomic E-state index is 13.4. The van der Waals surface area contributed by atoms with E-state index in [-0.39, 0.29) is 12.1 Å². The van der Waals surface area contributed by atoms with Gasteiger partial charge in [-0.25, -0.2) is 9.18 Å². The molecule has 0 aromatic heterocycles. The largest absolute Gasteiger partial charge is 0.481 e. The summed E-state index contributed by atoms with van der Waals surface area (Å²) in [7, 11) is 0. The first-order valence-electron chi connectivity index (χ1n) is 5.97. The van der Waals surface area contributed by atoms with Crippen LogP contribution in [0.3, 0.4) is 0 Å². The van der Waals surface area contributed by atoms with E-state index < -0.39 is 23.9 Å². The Morgan fingerprint density at radius 2 is 2.11 bits per heavy atom. The first-order valence-corrected chi connectivity index (χ1v) is 5.97. The van der Waals surface area contributed by atoms with Gasteiger partial charge in [-0.1, -0.05) is 13.0 Å². The molecule has 0 aliphatic rings. The zero-order valence-corrected chi connectivity index (χ0v) is 10.9. The maximum absolute atomic E-state index is 13.4. The van der Waals surface area contributed by atoms with Crippen LogP contribution >= 0.6 is 0 Å². The van der Waals surface area contributed by atoms with Crippen molar-refractivity contribution in [3.8, 4) is 0 Å². The molecule has 0 fully saturated rings. The zero-order chi connectivity index (χ0) is 14.4. The van der Waals surface area contributed by atoms with Crippen LogP contribution in [0, 0.1) is 12.7 Å². The number of urea groups is 1. The fourth-order valence-electron chi connectivity index (χ4n) is 1.59. The van der Waals surface area contributed by atoms with Crippen LogP contribution < -0.4 is 10.6 Å². The number of halogens is 1. The summed E-state index contributed by atoms with van der Waals surface area (Å²) in [5, 5.41) is 13.5. The Bertz CT molecular complexity index is 477. The molecule has 1 rings (SSSR count). The standard InChI is InChI=1S/C13H17FN2O3/c1-3-9(7-12(17)18)15-13(19)16-11-6-8(2)4-5-10(11)14/h4-6,9H,3,7H2,1-2H3,(H,17,18)(H2,15,16,19). The Labute approximate surface area is 110 Å². The zero-order valence-electron chi connectivity index (χ0n) is 10.9. The molecule has 0 heterocycles. The molecule has 0 radical (unpaired) electrons. The number of carbonyl (C=O) groups excluding carboxylic acids is 1. The smallest absolute Gasteiger partial charge is 0.319 e. The molecule has 104 valence electrons. The van der Waals surface area contributed by atoms with E-state index >= 15 is 0 Å². The van der Waals surface area contributed by atoms with Crippen molar-refractivity contribution < 1.29 is 19.1 Å². The van der Waals surface area contributed by atoms with E-state index in [1.54, 1.807) is 19.9 Å². The van der Waals surface area contributed by atoms with Gasteiger partial charge in [0.05, 0.1) is 12.1 Å². The summed E-state index contributed by atoms with van der Waals surface area (Å²) in [4.78, 5) is 22.2. The maximum Gasteiger partial charge on any atom is 0.319 e. The van der Waals surface area contributed by atoms with Gasteiger partial charge in [0, 0.05) is 6.04 Å². The van der Waals surface area contributed by atoms with E-state index in [2.05, 4.69) is 10.6 Å². The summed E-state index contributed by atoms with van der Waals surface area (Å²) < 4.78 is 13.4. The fourth-order valence-corrected chi connectivity index (χ4v) is 1.59. The highest BCUT2D eigenvalue weighted by molar-refractivity contribution is 5.90. The van der Waals surface area contributed by atoms with Gasteiger partial charge in [-0.15, -0.1) is 0 Å². The predicted molar refractivity (Wildman–Crippen MR) is 69.6 cm³/mol. The van der Waals surface area contributed by atoms with Crippen LogP contribution in [0.15, 0.2) is 18.2 Å². The van der Waals surface area contributed by atoms with E-state index in [0.717, 1.165) is 5.56 Å². The van der Waals surface area contributed by atoms with Gasteiger partial charge in [0.1, 0.15) is 5.82 Å². The van der Waals surface area contributed by atoms with Crippen molar-refractivity contribution in [3.05, 3.63) is 29.6 Å². The summed E-state index contributed by atoms with van der Waals surface area (Å²) in [6, 6.07) is 3.27. The number of carbonyl (C=O) groups is 2. The minimum atomic E-state index is -0.992. The second-order valence-corrected chi connectivity index (χ2v) is 4.28. The number of nitrogens with one attached hydrogen (secondary N) is 2. The number of carboxylic acid groups (broad SMARTS) is 1. The van der Waals surface area contributed by atoms with Crippen LogP contribution in [-0.4, -0.2) is 23.1 Å². The molecule has 0 spiro atoms. The number of aliphatic carboxylic acids is 1. The SMILES string of the molecule is CCC(CC(=O)O)NC(=O)Nc1cc(C)ccc1F. The molecule has 1 aromatic rings. The Morgan fingerprint density at radius 1 is 1.42 bits per heavy atom. The monoisotopic (exact) mass is 268 g/mol. The summed E-state index contributed by atoms with van der Waals surface area (Å²) in [6.45, 7) is 3.54. The third-order valence-electron chi connectivity index (χ3n) is 2.62. The molecule has 5 nitrogen and oxygen atoms in total. The third-order valence-corrected chi connectivity index (χ3v) is 2.62. The van der Waals surface area contributed by atoms with Crippen molar-refractivity contribution >= 4 is 17.7 Å². The van der Waals surface area contributed by atoms with E-state index in [1.165, 1.54) is 12.1 Å². The molecule has 0 saturated carbocycles. The molecule has 0 aliphatic heterocycles. The van der Waals surface area contributed by atoms with Crippen LogP contribution in [0.2, 0.25) is 0 Å². The Kier molecular flexibility index (Phi) is 5.29. The van der Waals surface area contributed by atoms with Gasteiger partial charge in [0.2, 0.25) is 0 Å². The number of amides is 2. The first kappa shape index (κ1) is 14.9. The summed E-state index contributed by atoms with van der Waals surface area (Å²) >= 11 is 0. The molecule has 1 aromatic carbocycles. The molecular weight excluding hydrogens is 251 g/mol. The lowest BCUT2D eigenvalue weighted by Crippen LogP contribution is -2.39. The molecule has 0 saturated heterocycles. The Balaban J connectivity index is 2.63. The van der Waals surface area contributed by atoms with Crippen molar-refractivity contribution in [2.75, 3.05) is 5.32 Å². The van der Waals surface area contributed by atoms with Gasteiger partial charge < -0.3 is 15.7 Å². The van der Waals surface area contributed by atoms with E-state index in [9.17, 15) is 14.0 Å². The highest BCUT2D eigenvalue weighted by Crippen LogP contribution is 2.15. The van der Waals surface area contributed by atoms with Crippen molar-refractivity contribution in [2.45, 2.75) is 32.7 Å². The van der Waals surface area contributed by atoms with Gasteiger partial charge >= 0.3 is 12.0 Å². The average molecular weight is 268 g/mol. The van der Waals surface area contributed by atoms with Crippen LogP contribution in [0.5, 0.6) is 0 Å². The average Bonchev–Trinajstić information content (AvgIpc) is 2.32. The van der Waals surface area contributed by atoms with Crippen LogP contribution in [-0.2, 0) is 4.79 Å². The minimum absolute atomic E-state index is 0.0719. The van der Waals surface area contributed by atoms with E-state index in [0.29, 0.717) is 6.42 Å². The van der Waals surface area contributed by atoms with Crippen LogP contribution in [0.25, 0.3) is 0 Å². The second-order valence-electron chi connectivity index (χ2n) is 4.28. The normalized spacial score (nSPS) is 11.7. The molecule has 0 bridgehead atoms. The summed E-state index contributed by atoms with van der Waals surface area (Å²) in [5.74, 6) is -1.53. The number of carboxylic acids is 1. The fraction of sp³-hybridized carbons (Fsp3) is 0.385. The molecule has 1 unspecified atom stereocenters. The number of aryl methyl sites for hydroxylation is 1. The van der Waals surface area contributed by atoms with Gasteiger partial charge in [-0.3, -0.25) is 4.79 Å². The van der Waals surface area contributed by atoms with Crippen molar-refractivity contribution in [2.24, 2.45) is 0 Å². The molecule has 0 aliphatic carbocycles. The van der Waals surface area contributed by atoms with Gasteiger partial charge in [0.15, 0.2) is 0 Å². The topological polar surface area (TPSA) is 78.4 Å². The van der Waals surface area contributed by atoms with E-state index in [4.69, 9.17) is 5.11 Å².